The van der Waals surface area contributed by atoms with Crippen molar-refractivity contribution >= 4 is 19.9 Å². The molecule has 92 valence electrons. The number of rotatable bonds is 3. The monoisotopic (exact) mass is 273 g/mol. The second-order valence-electron chi connectivity index (χ2n) is 3.70. The zero-order chi connectivity index (χ0) is 12.5. The number of hydrogen-bond donors (Lipinski definition) is 1. The summed E-state index contributed by atoms with van der Waals surface area (Å²) < 4.78 is 48.3. The third-order valence-electron chi connectivity index (χ3n) is 2.29. The van der Waals surface area contributed by atoms with Crippen LogP contribution in [0.25, 0.3) is 0 Å². The van der Waals surface area contributed by atoms with Crippen LogP contribution in [0.5, 0.6) is 0 Å². The molecular formula is C10H11NO4S2. The van der Waals surface area contributed by atoms with Gasteiger partial charge in [-0.2, -0.15) is 0 Å². The minimum absolute atomic E-state index is 0.123. The Morgan fingerprint density at radius 3 is 2.35 bits per heavy atom. The highest BCUT2D eigenvalue weighted by Gasteiger charge is 2.26. The summed E-state index contributed by atoms with van der Waals surface area (Å²) in [5, 5.41) is 1.03. The molecule has 2 rings (SSSR count). The standard InChI is InChI=1S/C10H11NO4S2/c12-16(13)7-6-9(8-16)11-17(14,15)10-4-2-1-3-5-10/h1-7,9,11H,8H2. The Labute approximate surface area is 100 Å². The molecule has 17 heavy (non-hydrogen) atoms. The SMILES string of the molecule is O=S1(=O)C=CC(NS(=O)(=O)c2ccccc2)C1. The summed E-state index contributed by atoms with van der Waals surface area (Å²) in [6, 6.07) is 7.14. The highest BCUT2D eigenvalue weighted by atomic mass is 32.2. The molecule has 0 fully saturated rings. The molecule has 1 unspecified atom stereocenters. The van der Waals surface area contributed by atoms with Gasteiger partial charge in [0.05, 0.1) is 16.7 Å². The second kappa shape index (κ2) is 4.25. The van der Waals surface area contributed by atoms with Crippen LogP contribution in [0.3, 0.4) is 0 Å². The molecule has 0 spiro atoms. The first-order valence-electron chi connectivity index (χ1n) is 4.87. The molecule has 0 radical (unpaired) electrons. The number of sulfonamides is 1. The molecule has 5 nitrogen and oxygen atoms in total. The maximum atomic E-state index is 11.9. The van der Waals surface area contributed by atoms with Crippen LogP contribution < -0.4 is 4.72 Å². The fourth-order valence-corrected chi connectivity index (χ4v) is 4.07. The molecule has 7 heteroatoms. The molecule has 0 aliphatic carbocycles. The Hall–Kier alpha value is -1.18. The van der Waals surface area contributed by atoms with E-state index in [0.717, 1.165) is 5.41 Å². The molecular weight excluding hydrogens is 262 g/mol. The van der Waals surface area contributed by atoms with Gasteiger partial charge in [-0.25, -0.2) is 21.6 Å². The highest BCUT2D eigenvalue weighted by Crippen LogP contribution is 2.13. The molecule has 1 aromatic carbocycles. The van der Waals surface area contributed by atoms with Crippen LogP contribution in [0.2, 0.25) is 0 Å². The highest BCUT2D eigenvalue weighted by molar-refractivity contribution is 7.94. The number of benzene rings is 1. The Bertz CT molecular complexity index is 632. The van der Waals surface area contributed by atoms with Crippen molar-refractivity contribution < 1.29 is 16.8 Å². The summed E-state index contributed by atoms with van der Waals surface area (Å²) in [5.74, 6) is -0.223. The summed E-state index contributed by atoms with van der Waals surface area (Å²) in [6.07, 6.45) is 1.34. The summed E-state index contributed by atoms with van der Waals surface area (Å²) >= 11 is 0. The zero-order valence-electron chi connectivity index (χ0n) is 8.78. The van der Waals surface area contributed by atoms with E-state index in [1.165, 1.54) is 18.2 Å². The van der Waals surface area contributed by atoms with E-state index in [1.807, 2.05) is 0 Å². The van der Waals surface area contributed by atoms with Gasteiger partial charge in [0.25, 0.3) is 0 Å². The normalized spacial score (nSPS) is 22.7. The predicted octanol–water partition coefficient (Wildman–Crippen LogP) is 0.276. The van der Waals surface area contributed by atoms with Crippen LogP contribution >= 0.6 is 0 Å². The summed E-state index contributed by atoms with van der Waals surface area (Å²) in [4.78, 5) is 0.123. The average molecular weight is 273 g/mol. The smallest absolute Gasteiger partial charge is 0.224 e. The molecule has 1 aliphatic rings. The van der Waals surface area contributed by atoms with Crippen LogP contribution in [0.1, 0.15) is 0 Å². The van der Waals surface area contributed by atoms with Crippen molar-refractivity contribution in [3.05, 3.63) is 41.8 Å². The number of hydrogen-bond acceptors (Lipinski definition) is 4. The molecule has 1 N–H and O–H groups in total. The molecule has 0 bridgehead atoms. The van der Waals surface area contributed by atoms with Crippen molar-refractivity contribution in [2.75, 3.05) is 5.75 Å². The summed E-state index contributed by atoms with van der Waals surface area (Å²) in [5.41, 5.74) is 0. The minimum Gasteiger partial charge on any atom is -0.224 e. The second-order valence-corrected chi connectivity index (χ2v) is 7.34. The van der Waals surface area contributed by atoms with Gasteiger partial charge in [0.15, 0.2) is 9.84 Å². The maximum Gasteiger partial charge on any atom is 0.241 e. The molecule has 0 amide bonds. The van der Waals surface area contributed by atoms with E-state index in [2.05, 4.69) is 4.72 Å². The van der Waals surface area contributed by atoms with Gasteiger partial charge in [0.2, 0.25) is 10.0 Å². The van der Waals surface area contributed by atoms with Gasteiger partial charge in [0, 0.05) is 5.41 Å². The maximum absolute atomic E-state index is 11.9. The molecule has 1 aliphatic heterocycles. The van der Waals surface area contributed by atoms with Gasteiger partial charge < -0.3 is 0 Å². The minimum atomic E-state index is -3.66. The first-order chi connectivity index (χ1) is 7.89. The van der Waals surface area contributed by atoms with Gasteiger partial charge in [-0.1, -0.05) is 24.3 Å². The van der Waals surface area contributed by atoms with E-state index >= 15 is 0 Å². The Balaban J connectivity index is 2.18. The Morgan fingerprint density at radius 2 is 1.82 bits per heavy atom. The lowest BCUT2D eigenvalue weighted by molar-refractivity contribution is 0.575. The lowest BCUT2D eigenvalue weighted by Crippen LogP contribution is -2.35. The van der Waals surface area contributed by atoms with Gasteiger partial charge >= 0.3 is 0 Å². The van der Waals surface area contributed by atoms with Crippen LogP contribution in [0.4, 0.5) is 0 Å². The topological polar surface area (TPSA) is 80.3 Å². The van der Waals surface area contributed by atoms with E-state index in [0.29, 0.717) is 0 Å². The van der Waals surface area contributed by atoms with E-state index in [1.54, 1.807) is 18.2 Å². The van der Waals surface area contributed by atoms with Crippen molar-refractivity contribution in [1.82, 2.24) is 4.72 Å². The Kier molecular flexibility index (Phi) is 3.07. The fourth-order valence-electron chi connectivity index (χ4n) is 1.52. The van der Waals surface area contributed by atoms with Gasteiger partial charge in [-0.3, -0.25) is 0 Å². The van der Waals surface area contributed by atoms with Crippen molar-refractivity contribution in [3.8, 4) is 0 Å². The van der Waals surface area contributed by atoms with Crippen molar-refractivity contribution in [2.45, 2.75) is 10.9 Å². The first kappa shape index (κ1) is 12.3. The lowest BCUT2D eigenvalue weighted by atomic mass is 10.4. The predicted molar refractivity (Wildman–Crippen MR) is 63.5 cm³/mol. The molecule has 1 aromatic rings. The van der Waals surface area contributed by atoms with Crippen molar-refractivity contribution in [3.63, 3.8) is 0 Å². The van der Waals surface area contributed by atoms with Gasteiger partial charge in [0.1, 0.15) is 0 Å². The first-order valence-corrected chi connectivity index (χ1v) is 8.07. The van der Waals surface area contributed by atoms with Crippen LogP contribution in [0.15, 0.2) is 46.7 Å². The van der Waals surface area contributed by atoms with E-state index in [4.69, 9.17) is 0 Å². The van der Waals surface area contributed by atoms with Crippen molar-refractivity contribution in [1.29, 1.82) is 0 Å². The van der Waals surface area contributed by atoms with E-state index < -0.39 is 25.9 Å². The van der Waals surface area contributed by atoms with Gasteiger partial charge in [-0.05, 0) is 12.1 Å². The van der Waals surface area contributed by atoms with Crippen LogP contribution in [-0.2, 0) is 19.9 Å². The molecule has 0 saturated heterocycles. The fraction of sp³-hybridized carbons (Fsp3) is 0.200. The largest absolute Gasteiger partial charge is 0.241 e. The van der Waals surface area contributed by atoms with Gasteiger partial charge in [-0.15, -0.1) is 0 Å². The summed E-state index contributed by atoms with van der Waals surface area (Å²) in [6.45, 7) is 0. The molecule has 0 aromatic heterocycles. The quantitative estimate of drug-likeness (QED) is 0.857. The number of nitrogens with one attached hydrogen (secondary N) is 1. The van der Waals surface area contributed by atoms with E-state index in [-0.39, 0.29) is 10.6 Å². The third-order valence-corrected chi connectivity index (χ3v) is 5.19. The third kappa shape index (κ3) is 2.93. The van der Waals surface area contributed by atoms with Crippen molar-refractivity contribution in [2.24, 2.45) is 0 Å². The molecule has 1 atom stereocenters. The molecule has 1 heterocycles. The van der Waals surface area contributed by atoms with Crippen LogP contribution in [0, 0.1) is 0 Å². The zero-order valence-corrected chi connectivity index (χ0v) is 10.4. The molecule has 0 saturated carbocycles. The summed E-state index contributed by atoms with van der Waals surface area (Å²) in [7, 11) is -6.92. The Morgan fingerprint density at radius 1 is 1.18 bits per heavy atom. The average Bonchev–Trinajstić information content (AvgIpc) is 2.58. The van der Waals surface area contributed by atoms with Crippen LogP contribution in [-0.4, -0.2) is 28.6 Å². The van der Waals surface area contributed by atoms with E-state index in [9.17, 15) is 16.8 Å². The number of sulfone groups is 1. The lowest BCUT2D eigenvalue weighted by Gasteiger charge is -2.10.